The summed E-state index contributed by atoms with van der Waals surface area (Å²) in [7, 11) is 0. The number of nitrogens with one attached hydrogen (secondary N) is 2. The lowest BCUT2D eigenvalue weighted by molar-refractivity contribution is -0.110. The largest absolute Gasteiger partial charge is 0.321 e. The first kappa shape index (κ1) is 16.2. The number of fused-ring (bicyclic) bond motifs is 1. The number of halogens is 2. The summed E-state index contributed by atoms with van der Waals surface area (Å²) in [6, 6.07) is 9.57. The highest BCUT2D eigenvalue weighted by molar-refractivity contribution is 9.11. The van der Waals surface area contributed by atoms with E-state index >= 15 is 0 Å². The zero-order chi connectivity index (χ0) is 17.6. The standard InChI is InChI=1S/C17H11Br2N5O/c1-8-13(18)5-9(6-14(8)19)4-12-11-7-10(16-21-23-24-22-16)2-3-15(11)20-17(12)25/h2-7H,1H3,(H,20,25)(H,21,22,23,24)/b12-4-. The second kappa shape index (κ2) is 6.20. The van der Waals surface area contributed by atoms with E-state index in [1.54, 1.807) is 0 Å². The lowest BCUT2D eigenvalue weighted by atomic mass is 10.0. The van der Waals surface area contributed by atoms with Crippen molar-refractivity contribution in [2.24, 2.45) is 0 Å². The fraction of sp³-hybridized carbons (Fsp3) is 0.0588. The maximum Gasteiger partial charge on any atom is 0.256 e. The molecule has 1 amide bonds. The Labute approximate surface area is 160 Å². The summed E-state index contributed by atoms with van der Waals surface area (Å²) < 4.78 is 1.96. The molecular weight excluding hydrogens is 450 g/mol. The molecule has 8 heteroatoms. The van der Waals surface area contributed by atoms with Gasteiger partial charge in [0.2, 0.25) is 5.82 Å². The number of amides is 1. The summed E-state index contributed by atoms with van der Waals surface area (Å²) in [5.74, 6) is 0.357. The number of aromatic nitrogens is 4. The number of rotatable bonds is 2. The minimum Gasteiger partial charge on any atom is -0.321 e. The molecule has 2 heterocycles. The van der Waals surface area contributed by atoms with Crippen LogP contribution in [-0.4, -0.2) is 26.5 Å². The molecule has 0 bridgehead atoms. The van der Waals surface area contributed by atoms with Crippen LogP contribution >= 0.6 is 31.9 Å². The summed E-state index contributed by atoms with van der Waals surface area (Å²) >= 11 is 7.09. The summed E-state index contributed by atoms with van der Waals surface area (Å²) in [6.45, 7) is 2.01. The lowest BCUT2D eigenvalue weighted by Crippen LogP contribution is -2.03. The van der Waals surface area contributed by atoms with Crippen molar-refractivity contribution in [1.82, 2.24) is 20.6 Å². The molecule has 3 aromatic rings. The highest BCUT2D eigenvalue weighted by Crippen LogP contribution is 2.36. The molecule has 2 aromatic carbocycles. The van der Waals surface area contributed by atoms with Crippen LogP contribution in [0.4, 0.5) is 5.69 Å². The van der Waals surface area contributed by atoms with Crippen LogP contribution in [0, 0.1) is 6.92 Å². The Kier molecular flexibility index (Phi) is 4.01. The van der Waals surface area contributed by atoms with Crippen molar-refractivity contribution >= 4 is 55.1 Å². The maximum atomic E-state index is 12.4. The van der Waals surface area contributed by atoms with Crippen LogP contribution in [-0.2, 0) is 4.79 Å². The van der Waals surface area contributed by atoms with Crippen molar-refractivity contribution < 1.29 is 4.79 Å². The summed E-state index contributed by atoms with van der Waals surface area (Å²) in [5, 5.41) is 16.9. The van der Waals surface area contributed by atoms with Gasteiger partial charge in [-0.05, 0) is 59.7 Å². The van der Waals surface area contributed by atoms with Gasteiger partial charge in [-0.3, -0.25) is 4.79 Å². The SMILES string of the molecule is Cc1c(Br)cc(/C=C2\C(=O)Nc3ccc(-c4nn[nH]n4)cc32)cc1Br. The van der Waals surface area contributed by atoms with E-state index in [2.05, 4.69) is 57.8 Å². The molecule has 0 aliphatic carbocycles. The Hall–Kier alpha value is -2.32. The first-order chi connectivity index (χ1) is 12.0. The normalized spacial score (nSPS) is 14.7. The van der Waals surface area contributed by atoms with E-state index in [9.17, 15) is 4.79 Å². The number of aromatic amines is 1. The molecule has 0 unspecified atom stereocenters. The second-order valence-electron chi connectivity index (χ2n) is 5.62. The summed E-state index contributed by atoms with van der Waals surface area (Å²) in [6.07, 6.45) is 1.87. The fourth-order valence-electron chi connectivity index (χ4n) is 2.67. The molecule has 4 rings (SSSR count). The van der Waals surface area contributed by atoms with Crippen LogP contribution in [0.5, 0.6) is 0 Å². The smallest absolute Gasteiger partial charge is 0.256 e. The summed E-state index contributed by atoms with van der Waals surface area (Å²) in [5.41, 5.74) is 5.02. The highest BCUT2D eigenvalue weighted by atomic mass is 79.9. The Bertz CT molecular complexity index is 1000. The van der Waals surface area contributed by atoms with Crippen LogP contribution in [0.15, 0.2) is 39.3 Å². The van der Waals surface area contributed by atoms with Crippen molar-refractivity contribution in [2.45, 2.75) is 6.92 Å². The topological polar surface area (TPSA) is 83.6 Å². The van der Waals surface area contributed by atoms with Crippen LogP contribution in [0.2, 0.25) is 0 Å². The number of benzene rings is 2. The van der Waals surface area contributed by atoms with Crippen molar-refractivity contribution in [2.75, 3.05) is 5.32 Å². The molecule has 0 saturated carbocycles. The van der Waals surface area contributed by atoms with Crippen LogP contribution in [0.1, 0.15) is 16.7 Å². The van der Waals surface area contributed by atoms with Crippen LogP contribution in [0.25, 0.3) is 23.0 Å². The van der Waals surface area contributed by atoms with Gasteiger partial charge in [0, 0.05) is 31.3 Å². The van der Waals surface area contributed by atoms with Crippen molar-refractivity contribution in [1.29, 1.82) is 0 Å². The Morgan fingerprint density at radius 1 is 1.12 bits per heavy atom. The predicted octanol–water partition coefficient (Wildman–Crippen LogP) is 4.19. The Balaban J connectivity index is 1.82. The van der Waals surface area contributed by atoms with Gasteiger partial charge in [-0.15, -0.1) is 10.2 Å². The fourth-order valence-corrected chi connectivity index (χ4v) is 3.89. The molecule has 0 radical (unpaired) electrons. The van der Waals surface area contributed by atoms with E-state index in [4.69, 9.17) is 0 Å². The maximum absolute atomic E-state index is 12.4. The number of nitrogens with zero attached hydrogens (tertiary/aromatic N) is 3. The van der Waals surface area contributed by atoms with Gasteiger partial charge >= 0.3 is 0 Å². The van der Waals surface area contributed by atoms with Gasteiger partial charge < -0.3 is 5.32 Å². The minimum atomic E-state index is -0.131. The van der Waals surface area contributed by atoms with E-state index in [0.29, 0.717) is 11.4 Å². The van der Waals surface area contributed by atoms with Gasteiger partial charge in [0.05, 0.1) is 0 Å². The Morgan fingerprint density at radius 2 is 1.88 bits per heavy atom. The predicted molar refractivity (Wildman–Crippen MR) is 103 cm³/mol. The molecule has 1 aromatic heterocycles. The van der Waals surface area contributed by atoms with Crippen LogP contribution < -0.4 is 5.32 Å². The number of carbonyl (C=O) groups excluding carboxylic acids is 1. The number of hydrogen-bond donors (Lipinski definition) is 2. The highest BCUT2D eigenvalue weighted by Gasteiger charge is 2.25. The van der Waals surface area contributed by atoms with E-state index in [-0.39, 0.29) is 5.91 Å². The van der Waals surface area contributed by atoms with Crippen LogP contribution in [0.3, 0.4) is 0 Å². The van der Waals surface area contributed by atoms with E-state index in [0.717, 1.165) is 36.9 Å². The van der Waals surface area contributed by atoms with Gasteiger partial charge in [0.1, 0.15) is 0 Å². The lowest BCUT2D eigenvalue weighted by Gasteiger charge is -2.05. The molecule has 0 spiro atoms. The molecule has 1 aliphatic heterocycles. The average molecular weight is 461 g/mol. The van der Waals surface area contributed by atoms with E-state index in [1.165, 1.54) is 0 Å². The van der Waals surface area contributed by atoms with Crippen molar-refractivity contribution in [3.63, 3.8) is 0 Å². The summed E-state index contributed by atoms with van der Waals surface area (Å²) in [4.78, 5) is 12.4. The third-order valence-corrected chi connectivity index (χ3v) is 5.67. The minimum absolute atomic E-state index is 0.131. The monoisotopic (exact) mass is 459 g/mol. The first-order valence-corrected chi connectivity index (χ1v) is 8.98. The van der Waals surface area contributed by atoms with E-state index in [1.807, 2.05) is 43.3 Å². The quantitative estimate of drug-likeness (QED) is 0.561. The average Bonchev–Trinajstić information content (AvgIpc) is 3.21. The Morgan fingerprint density at radius 3 is 2.56 bits per heavy atom. The molecule has 0 saturated heterocycles. The van der Waals surface area contributed by atoms with Gasteiger partial charge in [-0.25, -0.2) is 0 Å². The zero-order valence-electron chi connectivity index (χ0n) is 13.0. The molecule has 2 N–H and O–H groups in total. The molecule has 6 nitrogen and oxygen atoms in total. The number of hydrogen-bond acceptors (Lipinski definition) is 4. The van der Waals surface area contributed by atoms with Crippen molar-refractivity contribution in [3.8, 4) is 11.4 Å². The van der Waals surface area contributed by atoms with E-state index < -0.39 is 0 Å². The molecule has 1 aliphatic rings. The molecule has 0 fully saturated rings. The van der Waals surface area contributed by atoms with Gasteiger partial charge in [0.15, 0.2) is 0 Å². The number of anilines is 1. The number of carbonyl (C=O) groups is 1. The van der Waals surface area contributed by atoms with Gasteiger partial charge in [0.25, 0.3) is 5.91 Å². The van der Waals surface area contributed by atoms with Gasteiger partial charge in [-0.2, -0.15) is 5.21 Å². The molecular formula is C17H11Br2N5O. The van der Waals surface area contributed by atoms with Crippen molar-refractivity contribution in [3.05, 3.63) is 56.0 Å². The first-order valence-electron chi connectivity index (χ1n) is 7.40. The molecule has 0 atom stereocenters. The molecule has 25 heavy (non-hydrogen) atoms. The number of tetrazole rings is 1. The zero-order valence-corrected chi connectivity index (χ0v) is 16.1. The molecule has 124 valence electrons. The van der Waals surface area contributed by atoms with Gasteiger partial charge in [-0.1, -0.05) is 31.9 Å². The third kappa shape index (κ3) is 2.91. The number of H-pyrrole nitrogens is 1. The third-order valence-electron chi connectivity index (χ3n) is 4.02. The second-order valence-corrected chi connectivity index (χ2v) is 7.33.